The largest absolute Gasteiger partial charge is 0.501 e. The number of urea groups is 1. The van der Waals surface area contributed by atoms with Gasteiger partial charge in [-0.1, -0.05) is 0 Å². The van der Waals surface area contributed by atoms with Crippen LogP contribution in [0.15, 0.2) is 59.6 Å². The third-order valence-electron chi connectivity index (χ3n) is 5.33. The summed E-state index contributed by atoms with van der Waals surface area (Å²) in [5.41, 5.74) is -4.52. The molecule has 0 spiro atoms. The van der Waals surface area contributed by atoms with Crippen LogP contribution in [0.2, 0.25) is 0 Å². The number of hydrogen-bond donors (Lipinski definition) is 0. The molecule has 12 heteroatoms. The Morgan fingerprint density at radius 1 is 1.03 bits per heavy atom. The second-order valence-corrected chi connectivity index (χ2v) is 9.28. The number of carbonyl (C=O) groups excluding carboxylic acids is 2. The first-order valence-electron chi connectivity index (χ1n) is 9.51. The molecule has 0 saturated carbocycles. The SMILES string of the molecule is CC1C(=O)N(c2ccc(S(=O)(=O)C(F)(F)F)cc2)C(=O)N1Cc1ccnc2ccc(F)cc12. The fraction of sp³-hybridized carbons (Fsp3) is 0.190. The molecule has 1 atom stereocenters. The Kier molecular flexibility index (Phi) is 5.35. The minimum absolute atomic E-state index is 0.0503. The van der Waals surface area contributed by atoms with Gasteiger partial charge in [-0.3, -0.25) is 9.78 Å². The normalized spacial score (nSPS) is 17.3. The Bertz CT molecular complexity index is 1370. The number of fused-ring (bicyclic) bond motifs is 1. The van der Waals surface area contributed by atoms with Crippen LogP contribution in [-0.4, -0.2) is 41.8 Å². The highest BCUT2D eigenvalue weighted by atomic mass is 32.2. The zero-order chi connectivity index (χ0) is 24.1. The van der Waals surface area contributed by atoms with Gasteiger partial charge in [0.2, 0.25) is 0 Å². The molecular formula is C21H15F4N3O4S. The van der Waals surface area contributed by atoms with Crippen molar-refractivity contribution in [3.63, 3.8) is 0 Å². The fourth-order valence-corrected chi connectivity index (χ4v) is 4.32. The van der Waals surface area contributed by atoms with E-state index in [1.807, 2.05) is 0 Å². The number of hydrogen-bond acceptors (Lipinski definition) is 5. The highest BCUT2D eigenvalue weighted by Gasteiger charge is 2.47. The minimum Gasteiger partial charge on any atom is -0.308 e. The summed E-state index contributed by atoms with van der Waals surface area (Å²) >= 11 is 0. The Labute approximate surface area is 185 Å². The number of nitrogens with zero attached hydrogens (tertiary/aromatic N) is 3. The molecule has 172 valence electrons. The molecule has 1 aromatic heterocycles. The summed E-state index contributed by atoms with van der Waals surface area (Å²) < 4.78 is 75.1. The number of imide groups is 1. The van der Waals surface area contributed by atoms with Crippen LogP contribution in [0, 0.1) is 5.82 Å². The van der Waals surface area contributed by atoms with Crippen LogP contribution in [0.5, 0.6) is 0 Å². The van der Waals surface area contributed by atoms with Crippen molar-refractivity contribution >= 4 is 38.4 Å². The molecule has 3 aromatic rings. The van der Waals surface area contributed by atoms with E-state index in [1.54, 1.807) is 6.07 Å². The average Bonchev–Trinajstić information content (AvgIpc) is 2.96. The summed E-state index contributed by atoms with van der Waals surface area (Å²) in [5.74, 6) is -1.14. The van der Waals surface area contributed by atoms with Gasteiger partial charge in [-0.15, -0.1) is 0 Å². The first-order valence-corrected chi connectivity index (χ1v) is 11.0. The van der Waals surface area contributed by atoms with Crippen LogP contribution in [0.3, 0.4) is 0 Å². The number of alkyl halides is 3. The van der Waals surface area contributed by atoms with Crippen LogP contribution in [0.1, 0.15) is 12.5 Å². The van der Waals surface area contributed by atoms with E-state index in [2.05, 4.69) is 4.98 Å². The molecule has 1 aliphatic rings. The highest BCUT2D eigenvalue weighted by molar-refractivity contribution is 7.92. The number of pyridine rings is 1. The Hall–Kier alpha value is -3.54. The van der Waals surface area contributed by atoms with Crippen LogP contribution < -0.4 is 4.90 Å². The second-order valence-electron chi connectivity index (χ2n) is 7.33. The van der Waals surface area contributed by atoms with Crippen LogP contribution in [-0.2, 0) is 21.2 Å². The molecule has 2 aromatic carbocycles. The van der Waals surface area contributed by atoms with E-state index in [0.717, 1.165) is 17.0 Å². The van der Waals surface area contributed by atoms with Gasteiger partial charge in [0.1, 0.15) is 11.9 Å². The van der Waals surface area contributed by atoms with E-state index in [0.29, 0.717) is 28.6 Å². The summed E-state index contributed by atoms with van der Waals surface area (Å²) in [6.07, 6.45) is 1.49. The fourth-order valence-electron chi connectivity index (χ4n) is 3.56. The summed E-state index contributed by atoms with van der Waals surface area (Å²) in [5, 5.41) is 0.463. The Balaban J connectivity index is 1.64. The first-order chi connectivity index (χ1) is 15.4. The number of carbonyl (C=O) groups is 2. The molecule has 1 unspecified atom stereocenters. The lowest BCUT2D eigenvalue weighted by Gasteiger charge is -2.20. The van der Waals surface area contributed by atoms with Gasteiger partial charge in [-0.2, -0.15) is 13.2 Å². The van der Waals surface area contributed by atoms with E-state index < -0.39 is 44.0 Å². The van der Waals surface area contributed by atoms with Gasteiger partial charge < -0.3 is 4.90 Å². The molecule has 4 rings (SSSR count). The lowest BCUT2D eigenvalue weighted by Crippen LogP contribution is -2.33. The number of rotatable bonds is 4. The van der Waals surface area contributed by atoms with E-state index >= 15 is 0 Å². The van der Waals surface area contributed by atoms with Gasteiger partial charge in [-0.25, -0.2) is 22.5 Å². The van der Waals surface area contributed by atoms with E-state index in [-0.39, 0.29) is 12.2 Å². The monoisotopic (exact) mass is 481 g/mol. The van der Waals surface area contributed by atoms with Gasteiger partial charge in [0.05, 0.1) is 16.1 Å². The molecule has 1 fully saturated rings. The van der Waals surface area contributed by atoms with Gasteiger partial charge in [-0.05, 0) is 61.0 Å². The number of sulfone groups is 1. The molecule has 3 amide bonds. The topological polar surface area (TPSA) is 87.7 Å². The Morgan fingerprint density at radius 3 is 2.33 bits per heavy atom. The molecular weight excluding hydrogens is 466 g/mol. The van der Waals surface area contributed by atoms with E-state index in [1.165, 1.54) is 36.2 Å². The third kappa shape index (κ3) is 3.80. The lowest BCUT2D eigenvalue weighted by molar-refractivity contribution is -0.119. The van der Waals surface area contributed by atoms with Crippen LogP contribution in [0.4, 0.5) is 28.0 Å². The van der Waals surface area contributed by atoms with Gasteiger partial charge in [0.15, 0.2) is 0 Å². The molecule has 2 heterocycles. The predicted octanol–water partition coefficient (Wildman–Crippen LogP) is 4.02. The number of anilines is 1. The number of benzene rings is 2. The van der Waals surface area contributed by atoms with Crippen molar-refractivity contribution in [1.29, 1.82) is 0 Å². The van der Waals surface area contributed by atoms with E-state index in [4.69, 9.17) is 0 Å². The maximum atomic E-state index is 13.7. The maximum absolute atomic E-state index is 13.7. The van der Waals surface area contributed by atoms with Crippen molar-refractivity contribution in [1.82, 2.24) is 9.88 Å². The smallest absolute Gasteiger partial charge is 0.308 e. The zero-order valence-corrected chi connectivity index (χ0v) is 17.7. The number of halogens is 4. The molecule has 0 aliphatic carbocycles. The average molecular weight is 481 g/mol. The summed E-state index contributed by atoms with van der Waals surface area (Å²) in [6, 6.07) is 7.20. The molecule has 7 nitrogen and oxygen atoms in total. The molecule has 0 radical (unpaired) electrons. The van der Waals surface area contributed by atoms with Crippen molar-refractivity contribution < 1.29 is 35.6 Å². The first kappa shape index (κ1) is 22.6. The lowest BCUT2D eigenvalue weighted by atomic mass is 10.1. The summed E-state index contributed by atoms with van der Waals surface area (Å²) in [4.78, 5) is 30.9. The molecule has 0 N–H and O–H groups in total. The summed E-state index contributed by atoms with van der Waals surface area (Å²) in [6.45, 7) is 1.43. The second kappa shape index (κ2) is 7.80. The summed E-state index contributed by atoms with van der Waals surface area (Å²) in [7, 11) is -5.57. The molecule has 0 bridgehead atoms. The Morgan fingerprint density at radius 2 is 1.70 bits per heavy atom. The van der Waals surface area contributed by atoms with Gasteiger partial charge in [0.25, 0.3) is 15.7 Å². The number of amides is 3. The maximum Gasteiger partial charge on any atom is 0.501 e. The van der Waals surface area contributed by atoms with E-state index in [9.17, 15) is 35.6 Å². The highest BCUT2D eigenvalue weighted by Crippen LogP contribution is 2.33. The van der Waals surface area contributed by atoms with Crippen molar-refractivity contribution in [2.24, 2.45) is 0 Å². The van der Waals surface area contributed by atoms with Crippen molar-refractivity contribution in [2.45, 2.75) is 29.9 Å². The van der Waals surface area contributed by atoms with Gasteiger partial charge >= 0.3 is 11.5 Å². The standard InChI is InChI=1S/C21H15F4N3O4S/c1-12-19(29)28(15-3-5-16(6-4-15)33(31,32)21(23,24)25)20(30)27(12)11-13-8-9-26-18-7-2-14(22)10-17(13)18/h2-10,12H,11H2,1H3. The molecule has 33 heavy (non-hydrogen) atoms. The predicted molar refractivity (Wildman–Crippen MR) is 109 cm³/mol. The minimum atomic E-state index is -5.57. The van der Waals surface area contributed by atoms with Crippen LogP contribution in [0.25, 0.3) is 10.9 Å². The third-order valence-corrected chi connectivity index (χ3v) is 6.83. The molecule has 1 aliphatic heterocycles. The van der Waals surface area contributed by atoms with Crippen LogP contribution >= 0.6 is 0 Å². The van der Waals surface area contributed by atoms with Crippen molar-refractivity contribution in [2.75, 3.05) is 4.90 Å². The van der Waals surface area contributed by atoms with Crippen molar-refractivity contribution in [3.05, 3.63) is 66.1 Å². The quantitative estimate of drug-likeness (QED) is 0.415. The van der Waals surface area contributed by atoms with Crippen molar-refractivity contribution in [3.8, 4) is 0 Å². The number of aromatic nitrogens is 1. The van der Waals surface area contributed by atoms with Gasteiger partial charge in [0, 0.05) is 18.1 Å². The zero-order valence-electron chi connectivity index (χ0n) is 16.9. The molecule has 1 saturated heterocycles.